The largest absolute Gasteiger partial charge is 0.481 e. The zero-order valence-electron chi connectivity index (χ0n) is 13.1. The summed E-state index contributed by atoms with van der Waals surface area (Å²) in [6, 6.07) is 12.9. The molecule has 2 aromatic carbocycles. The Hall–Kier alpha value is -2.82. The number of nitrogens with one attached hydrogen (secondary N) is 1. The van der Waals surface area contributed by atoms with E-state index in [1.54, 1.807) is 24.3 Å². The van der Waals surface area contributed by atoms with Gasteiger partial charge in [-0.1, -0.05) is 18.2 Å². The van der Waals surface area contributed by atoms with Crippen LogP contribution < -0.4 is 10.1 Å². The summed E-state index contributed by atoms with van der Waals surface area (Å²) >= 11 is 0. The number of para-hydroxylation sites is 1. The maximum Gasteiger partial charge on any atom is 0.303 e. The summed E-state index contributed by atoms with van der Waals surface area (Å²) in [6.07, 6.45) is -0.227. The van der Waals surface area contributed by atoms with Gasteiger partial charge in [0.05, 0.1) is 6.42 Å². The van der Waals surface area contributed by atoms with Crippen LogP contribution in [0.25, 0.3) is 0 Å². The van der Waals surface area contributed by atoms with Crippen LogP contribution in [-0.2, 0) is 9.59 Å². The lowest BCUT2D eigenvalue weighted by molar-refractivity contribution is -0.138. The van der Waals surface area contributed by atoms with Gasteiger partial charge in [-0.25, -0.2) is 0 Å². The first-order chi connectivity index (χ1) is 11.0. The van der Waals surface area contributed by atoms with Crippen molar-refractivity contribution in [3.63, 3.8) is 0 Å². The molecule has 0 heterocycles. The van der Waals surface area contributed by atoms with Gasteiger partial charge in [0.15, 0.2) is 0 Å². The van der Waals surface area contributed by atoms with Crippen LogP contribution in [0, 0.1) is 13.8 Å². The van der Waals surface area contributed by atoms with Gasteiger partial charge in [0.1, 0.15) is 11.5 Å². The van der Waals surface area contributed by atoms with Crippen molar-refractivity contribution in [3.8, 4) is 11.5 Å². The Morgan fingerprint density at radius 1 is 1.00 bits per heavy atom. The molecule has 0 aliphatic heterocycles. The van der Waals surface area contributed by atoms with Gasteiger partial charge in [0.2, 0.25) is 5.91 Å². The summed E-state index contributed by atoms with van der Waals surface area (Å²) in [4.78, 5) is 22.0. The first-order valence-electron chi connectivity index (χ1n) is 7.31. The highest BCUT2D eigenvalue weighted by Gasteiger charge is 2.07. The number of carbonyl (C=O) groups excluding carboxylic acids is 1. The Morgan fingerprint density at radius 2 is 1.61 bits per heavy atom. The molecule has 0 fully saturated rings. The van der Waals surface area contributed by atoms with Gasteiger partial charge in [-0.3, -0.25) is 9.59 Å². The molecule has 2 aromatic rings. The number of aliphatic carboxylic acids is 1. The van der Waals surface area contributed by atoms with Crippen LogP contribution in [0.15, 0.2) is 42.5 Å². The minimum absolute atomic E-state index is 0.0456. The van der Waals surface area contributed by atoms with Crippen LogP contribution in [0.1, 0.15) is 24.0 Å². The maximum absolute atomic E-state index is 11.6. The average molecular weight is 313 g/mol. The van der Waals surface area contributed by atoms with Gasteiger partial charge < -0.3 is 15.2 Å². The molecule has 0 aromatic heterocycles. The van der Waals surface area contributed by atoms with E-state index < -0.39 is 5.97 Å². The van der Waals surface area contributed by atoms with Crippen molar-refractivity contribution in [1.82, 2.24) is 0 Å². The predicted octanol–water partition coefficient (Wildman–Crippen LogP) is 3.90. The van der Waals surface area contributed by atoms with Crippen LogP contribution in [0.4, 0.5) is 5.69 Å². The van der Waals surface area contributed by atoms with Crippen LogP contribution in [-0.4, -0.2) is 17.0 Å². The average Bonchev–Trinajstić information content (AvgIpc) is 2.51. The predicted molar refractivity (Wildman–Crippen MR) is 87.9 cm³/mol. The number of anilines is 1. The fraction of sp³-hybridized carbons (Fsp3) is 0.222. The number of carboxylic acid groups (broad SMARTS) is 1. The van der Waals surface area contributed by atoms with E-state index >= 15 is 0 Å². The molecule has 0 atom stereocenters. The SMILES string of the molecule is Cc1cccc(C)c1Oc1ccc(NC(=O)CCC(=O)O)cc1. The second-order valence-corrected chi connectivity index (χ2v) is 5.29. The monoisotopic (exact) mass is 313 g/mol. The molecule has 0 unspecified atom stereocenters. The number of amides is 1. The lowest BCUT2D eigenvalue weighted by atomic mass is 10.1. The third-order valence-electron chi connectivity index (χ3n) is 3.33. The van der Waals surface area contributed by atoms with Gasteiger partial charge in [-0.15, -0.1) is 0 Å². The minimum atomic E-state index is -0.988. The number of aryl methyl sites for hydroxylation is 2. The molecule has 0 saturated heterocycles. The van der Waals surface area contributed by atoms with Gasteiger partial charge in [-0.2, -0.15) is 0 Å². The van der Waals surface area contributed by atoms with Gasteiger partial charge >= 0.3 is 5.97 Å². The van der Waals surface area contributed by atoms with E-state index in [2.05, 4.69) is 5.32 Å². The number of hydrogen-bond donors (Lipinski definition) is 2. The highest BCUT2D eigenvalue weighted by molar-refractivity contribution is 5.92. The Kier molecular flexibility index (Phi) is 5.36. The third-order valence-corrected chi connectivity index (χ3v) is 3.33. The normalized spacial score (nSPS) is 10.2. The molecule has 0 radical (unpaired) electrons. The Balaban J connectivity index is 1.99. The van der Waals surface area contributed by atoms with E-state index in [0.29, 0.717) is 11.4 Å². The number of benzene rings is 2. The summed E-state index contributed by atoms with van der Waals surface area (Å²) in [5, 5.41) is 11.2. The fourth-order valence-electron chi connectivity index (χ4n) is 2.13. The van der Waals surface area contributed by atoms with Crippen LogP contribution in [0.3, 0.4) is 0 Å². The zero-order valence-corrected chi connectivity index (χ0v) is 13.1. The molecule has 0 bridgehead atoms. The van der Waals surface area contributed by atoms with E-state index in [1.165, 1.54) is 0 Å². The summed E-state index contributed by atoms with van der Waals surface area (Å²) < 4.78 is 5.89. The summed E-state index contributed by atoms with van der Waals surface area (Å²) in [7, 11) is 0. The molecule has 2 rings (SSSR count). The van der Waals surface area contributed by atoms with Crippen molar-refractivity contribution in [1.29, 1.82) is 0 Å². The van der Waals surface area contributed by atoms with Crippen molar-refractivity contribution in [2.45, 2.75) is 26.7 Å². The van der Waals surface area contributed by atoms with Gasteiger partial charge in [0, 0.05) is 12.1 Å². The number of ether oxygens (including phenoxy) is 1. The Morgan fingerprint density at radius 3 is 2.17 bits per heavy atom. The third kappa shape index (κ3) is 4.85. The fourth-order valence-corrected chi connectivity index (χ4v) is 2.13. The van der Waals surface area contributed by atoms with Crippen molar-refractivity contribution in [2.75, 3.05) is 5.32 Å². The number of hydrogen-bond acceptors (Lipinski definition) is 3. The van der Waals surface area contributed by atoms with Crippen molar-refractivity contribution in [3.05, 3.63) is 53.6 Å². The van der Waals surface area contributed by atoms with Crippen LogP contribution in [0.2, 0.25) is 0 Å². The van der Waals surface area contributed by atoms with E-state index in [0.717, 1.165) is 16.9 Å². The maximum atomic E-state index is 11.6. The number of carboxylic acids is 1. The summed E-state index contributed by atoms with van der Waals surface area (Å²) in [6.45, 7) is 3.97. The highest BCUT2D eigenvalue weighted by Crippen LogP contribution is 2.29. The first kappa shape index (κ1) is 16.5. The molecule has 2 N–H and O–H groups in total. The molecule has 0 saturated carbocycles. The lowest BCUT2D eigenvalue weighted by Crippen LogP contribution is -2.13. The molecular formula is C18H19NO4. The zero-order chi connectivity index (χ0) is 16.8. The molecule has 5 heteroatoms. The van der Waals surface area contributed by atoms with Crippen molar-refractivity contribution >= 4 is 17.6 Å². The van der Waals surface area contributed by atoms with E-state index in [9.17, 15) is 9.59 Å². The Bertz CT molecular complexity index is 687. The first-order valence-corrected chi connectivity index (χ1v) is 7.31. The molecule has 120 valence electrons. The van der Waals surface area contributed by atoms with Gasteiger partial charge in [0.25, 0.3) is 0 Å². The Labute approximate surface area is 134 Å². The summed E-state index contributed by atoms with van der Waals surface area (Å²) in [5.41, 5.74) is 2.71. The molecular weight excluding hydrogens is 294 g/mol. The van der Waals surface area contributed by atoms with Crippen LogP contribution >= 0.6 is 0 Å². The smallest absolute Gasteiger partial charge is 0.303 e. The molecule has 0 aliphatic carbocycles. The highest BCUT2D eigenvalue weighted by atomic mass is 16.5. The van der Waals surface area contributed by atoms with E-state index in [-0.39, 0.29) is 18.7 Å². The second kappa shape index (κ2) is 7.45. The number of carbonyl (C=O) groups is 2. The molecule has 0 aliphatic rings. The van der Waals surface area contributed by atoms with Crippen molar-refractivity contribution in [2.24, 2.45) is 0 Å². The second-order valence-electron chi connectivity index (χ2n) is 5.29. The van der Waals surface area contributed by atoms with Crippen LogP contribution in [0.5, 0.6) is 11.5 Å². The van der Waals surface area contributed by atoms with E-state index in [4.69, 9.17) is 9.84 Å². The minimum Gasteiger partial charge on any atom is -0.481 e. The summed E-state index contributed by atoms with van der Waals surface area (Å²) in [5.74, 6) is 0.185. The quantitative estimate of drug-likeness (QED) is 0.848. The van der Waals surface area contributed by atoms with E-state index in [1.807, 2.05) is 32.0 Å². The lowest BCUT2D eigenvalue weighted by Gasteiger charge is -2.12. The molecule has 0 spiro atoms. The molecule has 23 heavy (non-hydrogen) atoms. The van der Waals surface area contributed by atoms with Gasteiger partial charge in [-0.05, 0) is 49.2 Å². The standard InChI is InChI=1S/C18H19NO4/c1-12-4-3-5-13(2)18(12)23-15-8-6-14(7-9-15)19-16(20)10-11-17(21)22/h3-9H,10-11H2,1-2H3,(H,19,20)(H,21,22). The molecule has 5 nitrogen and oxygen atoms in total. The number of rotatable bonds is 6. The van der Waals surface area contributed by atoms with Crippen molar-refractivity contribution < 1.29 is 19.4 Å². The molecule has 1 amide bonds. The topological polar surface area (TPSA) is 75.6 Å².